The lowest BCUT2D eigenvalue weighted by molar-refractivity contribution is 0.230. The van der Waals surface area contributed by atoms with Gasteiger partial charge in [0.15, 0.2) is 8.32 Å². The molecule has 0 saturated carbocycles. The number of halogens is 1. The first-order valence-electron chi connectivity index (χ1n) is 9.94. The van der Waals surface area contributed by atoms with Crippen molar-refractivity contribution in [3.8, 4) is 0 Å². The van der Waals surface area contributed by atoms with Crippen molar-refractivity contribution in [2.24, 2.45) is 0 Å². The molecule has 0 saturated heterocycles. The molecule has 0 amide bonds. The molecule has 1 aromatic rings. The first-order valence-corrected chi connectivity index (χ1v) is 13.3. The summed E-state index contributed by atoms with van der Waals surface area (Å²) in [4.78, 5) is 0. The van der Waals surface area contributed by atoms with Gasteiger partial charge in [0.2, 0.25) is 0 Å². The van der Waals surface area contributed by atoms with Gasteiger partial charge >= 0.3 is 0 Å². The number of hydrogen-bond donors (Lipinski definition) is 0. The van der Waals surface area contributed by atoms with Crippen molar-refractivity contribution in [1.82, 2.24) is 0 Å². The van der Waals surface area contributed by atoms with Gasteiger partial charge in [-0.25, -0.2) is 4.39 Å². The fourth-order valence-corrected chi connectivity index (χ4v) is 4.01. The van der Waals surface area contributed by atoms with Crippen LogP contribution in [0, 0.1) is 5.82 Å². The maximum absolute atomic E-state index is 13.2. The van der Waals surface area contributed by atoms with Gasteiger partial charge < -0.3 is 4.43 Å². The van der Waals surface area contributed by atoms with E-state index in [1.54, 1.807) is 0 Å². The molecular weight excluding hydrogens is 327 g/mol. The van der Waals surface area contributed by atoms with Gasteiger partial charge in [-0.05, 0) is 55.8 Å². The second-order valence-corrected chi connectivity index (χ2v) is 12.5. The van der Waals surface area contributed by atoms with Gasteiger partial charge in [-0.2, -0.15) is 0 Å². The van der Waals surface area contributed by atoms with Crippen LogP contribution in [0.2, 0.25) is 19.6 Å². The van der Waals surface area contributed by atoms with Crippen LogP contribution >= 0.6 is 0 Å². The second kappa shape index (κ2) is 11.6. The van der Waals surface area contributed by atoms with Gasteiger partial charge in [0.25, 0.3) is 0 Å². The monoisotopic (exact) mass is 364 g/mol. The Morgan fingerprint density at radius 1 is 0.960 bits per heavy atom. The average Bonchev–Trinajstić information content (AvgIpc) is 2.55. The quantitative estimate of drug-likeness (QED) is 0.197. The highest BCUT2D eigenvalue weighted by Gasteiger charge is 2.24. The summed E-state index contributed by atoms with van der Waals surface area (Å²) in [6, 6.07) is 6.69. The fourth-order valence-electron chi connectivity index (χ4n) is 3.00. The molecule has 1 aromatic carbocycles. The molecule has 1 unspecified atom stereocenters. The van der Waals surface area contributed by atoms with E-state index in [0.717, 1.165) is 17.6 Å². The van der Waals surface area contributed by atoms with E-state index in [-0.39, 0.29) is 11.9 Å². The highest BCUT2D eigenvalue weighted by molar-refractivity contribution is 6.69. The van der Waals surface area contributed by atoms with Crippen LogP contribution in [0.5, 0.6) is 0 Å². The Bertz CT molecular complexity index is 490. The maximum atomic E-state index is 13.2. The maximum Gasteiger partial charge on any atom is 0.185 e. The molecule has 25 heavy (non-hydrogen) atoms. The molecule has 1 nitrogen and oxygen atoms in total. The minimum absolute atomic E-state index is 0.100. The minimum Gasteiger partial charge on any atom is -0.407 e. The molecule has 0 aromatic heterocycles. The predicted octanol–water partition coefficient (Wildman–Crippen LogP) is 7.81. The third-order valence-corrected chi connectivity index (χ3v) is 5.31. The molecule has 0 aliphatic heterocycles. The lowest BCUT2D eigenvalue weighted by atomic mass is 9.97. The number of unbranched alkanes of at least 4 members (excludes halogenated alkanes) is 7. The van der Waals surface area contributed by atoms with Gasteiger partial charge in [0, 0.05) is 0 Å². The Kier molecular flexibility index (Phi) is 10.3. The van der Waals surface area contributed by atoms with Crippen molar-refractivity contribution in [3.05, 3.63) is 47.8 Å². The van der Waals surface area contributed by atoms with Crippen molar-refractivity contribution in [3.63, 3.8) is 0 Å². The lowest BCUT2D eigenvalue weighted by Crippen LogP contribution is -2.28. The van der Waals surface area contributed by atoms with Crippen LogP contribution in [0.1, 0.15) is 76.4 Å². The number of rotatable bonds is 13. The summed E-state index contributed by atoms with van der Waals surface area (Å²) in [6.07, 6.45) is 11.4. The molecule has 1 atom stereocenters. The molecular formula is C22H37FOSi. The van der Waals surface area contributed by atoms with E-state index in [2.05, 4.69) is 33.1 Å². The average molecular weight is 365 g/mol. The molecule has 0 radical (unpaired) electrons. The van der Waals surface area contributed by atoms with E-state index < -0.39 is 8.32 Å². The zero-order valence-electron chi connectivity index (χ0n) is 16.7. The molecule has 0 bridgehead atoms. The first-order chi connectivity index (χ1) is 11.8. The Hall–Kier alpha value is -0.933. The fraction of sp³-hybridized carbons (Fsp3) is 0.636. The van der Waals surface area contributed by atoms with Crippen molar-refractivity contribution in [2.45, 2.75) is 90.5 Å². The summed E-state index contributed by atoms with van der Waals surface area (Å²) < 4.78 is 19.6. The summed E-state index contributed by atoms with van der Waals surface area (Å²) in [5.41, 5.74) is 2.15. The van der Waals surface area contributed by atoms with Crippen molar-refractivity contribution in [2.75, 3.05) is 0 Å². The third kappa shape index (κ3) is 9.96. The molecule has 0 aliphatic rings. The van der Waals surface area contributed by atoms with E-state index >= 15 is 0 Å². The SMILES string of the molecule is C=C(CCCCCCCCCC)C(O[Si](C)(C)C)c1ccc(F)cc1. The van der Waals surface area contributed by atoms with E-state index in [0.29, 0.717) is 0 Å². The largest absolute Gasteiger partial charge is 0.407 e. The standard InChI is InChI=1S/C22H37FOSi/c1-6-7-8-9-10-11-12-13-14-19(2)22(24-25(3,4)5)20-15-17-21(23)18-16-20/h15-18,22H,2,6-14H2,1,3-5H3. The lowest BCUT2D eigenvalue weighted by Gasteiger charge is -2.28. The zero-order valence-corrected chi connectivity index (χ0v) is 17.7. The van der Waals surface area contributed by atoms with Crippen LogP contribution in [-0.2, 0) is 4.43 Å². The zero-order chi connectivity index (χ0) is 18.7. The molecule has 0 N–H and O–H groups in total. The van der Waals surface area contributed by atoms with Gasteiger partial charge in [-0.15, -0.1) is 0 Å². The predicted molar refractivity (Wildman–Crippen MR) is 110 cm³/mol. The van der Waals surface area contributed by atoms with E-state index in [1.807, 2.05) is 12.1 Å². The van der Waals surface area contributed by atoms with Crippen LogP contribution in [0.15, 0.2) is 36.4 Å². The van der Waals surface area contributed by atoms with Crippen molar-refractivity contribution >= 4 is 8.32 Å². The summed E-state index contributed by atoms with van der Waals surface area (Å²) >= 11 is 0. The van der Waals surface area contributed by atoms with E-state index in [9.17, 15) is 4.39 Å². The third-order valence-electron chi connectivity index (χ3n) is 4.37. The summed E-state index contributed by atoms with van der Waals surface area (Å²) in [6.45, 7) is 13.1. The molecule has 0 fully saturated rings. The first kappa shape index (κ1) is 22.1. The molecule has 1 rings (SSSR count). The van der Waals surface area contributed by atoms with Crippen LogP contribution < -0.4 is 0 Å². The highest BCUT2D eigenvalue weighted by Crippen LogP contribution is 2.31. The molecule has 0 heterocycles. The molecule has 3 heteroatoms. The number of benzene rings is 1. The Morgan fingerprint density at radius 2 is 1.48 bits per heavy atom. The van der Waals surface area contributed by atoms with E-state index in [1.165, 1.54) is 63.5 Å². The minimum atomic E-state index is -1.71. The Labute approximate surface area is 155 Å². The van der Waals surface area contributed by atoms with Gasteiger partial charge in [0.1, 0.15) is 5.82 Å². The van der Waals surface area contributed by atoms with Gasteiger partial charge in [-0.3, -0.25) is 0 Å². The molecule has 0 spiro atoms. The second-order valence-electron chi connectivity index (χ2n) is 8.04. The topological polar surface area (TPSA) is 9.23 Å². The summed E-state index contributed by atoms with van der Waals surface area (Å²) in [7, 11) is -1.71. The Balaban J connectivity index is 2.46. The van der Waals surface area contributed by atoms with Gasteiger partial charge in [-0.1, -0.05) is 70.6 Å². The van der Waals surface area contributed by atoms with E-state index in [4.69, 9.17) is 4.43 Å². The van der Waals surface area contributed by atoms with Gasteiger partial charge in [0.05, 0.1) is 6.10 Å². The summed E-state index contributed by atoms with van der Waals surface area (Å²) in [5.74, 6) is -0.204. The summed E-state index contributed by atoms with van der Waals surface area (Å²) in [5, 5.41) is 0. The molecule has 0 aliphatic carbocycles. The molecule has 142 valence electrons. The van der Waals surface area contributed by atoms with Crippen LogP contribution in [0.25, 0.3) is 0 Å². The Morgan fingerprint density at radius 3 is 2.00 bits per heavy atom. The van der Waals surface area contributed by atoms with Crippen LogP contribution in [-0.4, -0.2) is 8.32 Å². The van der Waals surface area contributed by atoms with Crippen LogP contribution in [0.3, 0.4) is 0 Å². The normalized spacial score (nSPS) is 13.0. The van der Waals surface area contributed by atoms with Crippen molar-refractivity contribution in [1.29, 1.82) is 0 Å². The number of hydrogen-bond acceptors (Lipinski definition) is 1. The van der Waals surface area contributed by atoms with Crippen LogP contribution in [0.4, 0.5) is 4.39 Å². The van der Waals surface area contributed by atoms with Crippen molar-refractivity contribution < 1.29 is 8.82 Å². The smallest absolute Gasteiger partial charge is 0.185 e. The highest BCUT2D eigenvalue weighted by atomic mass is 28.4.